The van der Waals surface area contributed by atoms with Crippen LogP contribution in [-0.4, -0.2) is 28.5 Å². The van der Waals surface area contributed by atoms with Gasteiger partial charge in [-0.2, -0.15) is 0 Å². The molecule has 5 heteroatoms. The van der Waals surface area contributed by atoms with Crippen molar-refractivity contribution in [3.63, 3.8) is 0 Å². The Morgan fingerprint density at radius 1 is 1.29 bits per heavy atom. The van der Waals surface area contributed by atoms with Crippen LogP contribution in [0.25, 0.3) is 0 Å². The lowest BCUT2D eigenvalue weighted by Gasteiger charge is -2.06. The number of nitrogens with zero attached hydrogens (tertiary/aromatic N) is 3. The molecule has 0 radical (unpaired) electrons. The van der Waals surface area contributed by atoms with Crippen molar-refractivity contribution in [2.24, 2.45) is 5.16 Å². The van der Waals surface area contributed by atoms with E-state index in [4.69, 9.17) is 0 Å². The minimum absolute atomic E-state index is 0.483. The van der Waals surface area contributed by atoms with Crippen molar-refractivity contribution in [2.75, 3.05) is 0 Å². The fourth-order valence-corrected chi connectivity index (χ4v) is 2.26. The van der Waals surface area contributed by atoms with Crippen molar-refractivity contribution in [3.8, 4) is 11.5 Å². The molecule has 4 nitrogen and oxygen atoms in total. The molecule has 1 N–H and O–H groups in total. The summed E-state index contributed by atoms with van der Waals surface area (Å²) in [4.78, 5) is 3.98. The molecule has 0 fully saturated rings. The van der Waals surface area contributed by atoms with Gasteiger partial charge < -0.3 is 9.77 Å². The molecular weight excluding hydrogens is 278 g/mol. The summed E-state index contributed by atoms with van der Waals surface area (Å²) in [5, 5.41) is 12.6. The highest BCUT2D eigenvalue weighted by molar-refractivity contribution is 6.83. The van der Waals surface area contributed by atoms with Crippen LogP contribution in [0, 0.1) is 11.5 Å². The topological polar surface area (TPSA) is 50.4 Å². The van der Waals surface area contributed by atoms with Crippen LogP contribution in [0.3, 0.4) is 0 Å². The Morgan fingerprint density at radius 2 is 2.00 bits per heavy atom. The second-order valence-corrected chi connectivity index (χ2v) is 10.6. The number of oxime groups is 1. The molecule has 0 atom stereocenters. The molecule has 0 unspecified atom stereocenters. The summed E-state index contributed by atoms with van der Waals surface area (Å²) in [6.45, 7) is 7.14. The maximum atomic E-state index is 9.19. The first-order chi connectivity index (χ1) is 9.98. The molecule has 2 aromatic rings. The molecule has 21 heavy (non-hydrogen) atoms. The standard InChI is InChI=1S/C16H19N3OSi/c1-21(2,3)11-8-14-4-6-15(7-5-14)16(18-20)12-19-10-9-17-13-19/h4-7,9-10,13,20H,12H2,1-3H3/b18-16+. The Bertz CT molecular complexity index is 671. The Labute approximate surface area is 126 Å². The molecule has 1 heterocycles. The van der Waals surface area contributed by atoms with Crippen LogP contribution in [0.15, 0.2) is 48.1 Å². The number of hydrogen-bond donors (Lipinski definition) is 1. The quantitative estimate of drug-likeness (QED) is 0.311. The molecule has 1 aromatic heterocycles. The predicted molar refractivity (Wildman–Crippen MR) is 87.2 cm³/mol. The first-order valence-electron chi connectivity index (χ1n) is 6.78. The molecule has 0 aliphatic rings. The molecular formula is C16H19N3OSi. The highest BCUT2D eigenvalue weighted by Crippen LogP contribution is 2.07. The van der Waals surface area contributed by atoms with Gasteiger partial charge in [0.1, 0.15) is 13.8 Å². The van der Waals surface area contributed by atoms with Gasteiger partial charge in [-0.15, -0.1) is 5.54 Å². The van der Waals surface area contributed by atoms with Crippen LogP contribution < -0.4 is 0 Å². The van der Waals surface area contributed by atoms with Gasteiger partial charge in [0.05, 0.1) is 12.9 Å². The maximum absolute atomic E-state index is 9.19. The highest BCUT2D eigenvalue weighted by Gasteiger charge is 2.08. The van der Waals surface area contributed by atoms with Crippen molar-refractivity contribution >= 4 is 13.8 Å². The average Bonchev–Trinajstić information content (AvgIpc) is 2.95. The summed E-state index contributed by atoms with van der Waals surface area (Å²) < 4.78 is 1.86. The van der Waals surface area contributed by atoms with E-state index in [0.29, 0.717) is 12.3 Å². The normalized spacial score (nSPS) is 11.9. The number of rotatable bonds is 3. The third-order valence-electron chi connectivity index (χ3n) is 2.81. The number of imidazole rings is 1. The summed E-state index contributed by atoms with van der Waals surface area (Å²) in [5.41, 5.74) is 5.80. The molecule has 2 rings (SSSR count). The minimum atomic E-state index is -1.36. The van der Waals surface area contributed by atoms with Crippen molar-refractivity contribution < 1.29 is 5.21 Å². The molecule has 0 amide bonds. The lowest BCUT2D eigenvalue weighted by Crippen LogP contribution is -2.16. The zero-order chi connectivity index (χ0) is 15.3. The summed E-state index contributed by atoms with van der Waals surface area (Å²) in [7, 11) is -1.36. The van der Waals surface area contributed by atoms with E-state index in [1.54, 1.807) is 12.5 Å². The van der Waals surface area contributed by atoms with E-state index in [1.165, 1.54) is 0 Å². The Morgan fingerprint density at radius 3 is 2.52 bits per heavy atom. The second-order valence-electron chi connectivity index (χ2n) is 5.86. The fourth-order valence-electron chi connectivity index (χ4n) is 1.74. The Kier molecular flexibility index (Phi) is 4.61. The van der Waals surface area contributed by atoms with Crippen LogP contribution in [0.5, 0.6) is 0 Å². The monoisotopic (exact) mass is 297 g/mol. The molecule has 0 bridgehead atoms. The van der Waals surface area contributed by atoms with Gasteiger partial charge >= 0.3 is 0 Å². The minimum Gasteiger partial charge on any atom is -0.411 e. The molecule has 0 spiro atoms. The molecule has 0 saturated heterocycles. The molecule has 108 valence electrons. The van der Waals surface area contributed by atoms with Crippen LogP contribution in [-0.2, 0) is 6.54 Å². The van der Waals surface area contributed by atoms with E-state index in [2.05, 4.69) is 41.2 Å². The second kappa shape index (κ2) is 6.42. The smallest absolute Gasteiger partial charge is 0.129 e. The van der Waals surface area contributed by atoms with E-state index in [-0.39, 0.29) is 0 Å². The predicted octanol–water partition coefficient (Wildman–Crippen LogP) is 2.99. The maximum Gasteiger partial charge on any atom is 0.129 e. The fraction of sp³-hybridized carbons (Fsp3) is 0.250. The van der Waals surface area contributed by atoms with Gasteiger partial charge in [-0.1, -0.05) is 42.8 Å². The van der Waals surface area contributed by atoms with Crippen molar-refractivity contribution in [3.05, 3.63) is 54.1 Å². The van der Waals surface area contributed by atoms with E-state index in [1.807, 2.05) is 35.0 Å². The van der Waals surface area contributed by atoms with E-state index < -0.39 is 8.07 Å². The van der Waals surface area contributed by atoms with E-state index in [0.717, 1.165) is 11.1 Å². The zero-order valence-corrected chi connectivity index (χ0v) is 13.5. The molecule has 1 aromatic carbocycles. The summed E-state index contributed by atoms with van der Waals surface area (Å²) in [6.07, 6.45) is 5.22. The summed E-state index contributed by atoms with van der Waals surface area (Å²) in [5.74, 6) is 3.21. The van der Waals surface area contributed by atoms with Gasteiger partial charge in [0.25, 0.3) is 0 Å². The van der Waals surface area contributed by atoms with Gasteiger partial charge in [-0.25, -0.2) is 4.98 Å². The van der Waals surface area contributed by atoms with E-state index >= 15 is 0 Å². The van der Waals surface area contributed by atoms with Gasteiger partial charge in [0.15, 0.2) is 0 Å². The van der Waals surface area contributed by atoms with Gasteiger partial charge in [-0.05, 0) is 12.1 Å². The van der Waals surface area contributed by atoms with Crippen LogP contribution in [0.1, 0.15) is 11.1 Å². The first kappa shape index (κ1) is 15.1. The number of aromatic nitrogens is 2. The summed E-state index contributed by atoms with van der Waals surface area (Å²) >= 11 is 0. The van der Waals surface area contributed by atoms with Crippen molar-refractivity contribution in [2.45, 2.75) is 26.2 Å². The van der Waals surface area contributed by atoms with Gasteiger partial charge in [-0.3, -0.25) is 0 Å². The van der Waals surface area contributed by atoms with Crippen LogP contribution in [0.4, 0.5) is 0 Å². The van der Waals surface area contributed by atoms with Gasteiger partial charge in [0, 0.05) is 23.5 Å². The Balaban J connectivity index is 2.15. The lowest BCUT2D eigenvalue weighted by atomic mass is 10.1. The van der Waals surface area contributed by atoms with Crippen LogP contribution in [0.2, 0.25) is 19.6 Å². The van der Waals surface area contributed by atoms with Crippen molar-refractivity contribution in [1.29, 1.82) is 0 Å². The molecule has 0 saturated carbocycles. The molecule has 0 aliphatic heterocycles. The average molecular weight is 297 g/mol. The lowest BCUT2D eigenvalue weighted by molar-refractivity contribution is 0.317. The largest absolute Gasteiger partial charge is 0.411 e. The SMILES string of the molecule is C[Si](C)(C)C#Cc1ccc(/C(Cn2ccnc2)=N/O)cc1. The van der Waals surface area contributed by atoms with E-state index in [9.17, 15) is 5.21 Å². The van der Waals surface area contributed by atoms with Crippen LogP contribution >= 0.6 is 0 Å². The Hall–Kier alpha value is -2.32. The van der Waals surface area contributed by atoms with Crippen molar-refractivity contribution in [1.82, 2.24) is 9.55 Å². The highest BCUT2D eigenvalue weighted by atomic mass is 28.3. The number of hydrogen-bond acceptors (Lipinski definition) is 3. The third kappa shape index (κ3) is 4.62. The van der Waals surface area contributed by atoms with Gasteiger partial charge in [0.2, 0.25) is 0 Å². The third-order valence-corrected chi connectivity index (χ3v) is 3.69. The number of benzene rings is 1. The molecule has 0 aliphatic carbocycles. The first-order valence-corrected chi connectivity index (χ1v) is 10.3. The summed E-state index contributed by atoms with van der Waals surface area (Å²) in [6, 6.07) is 7.78. The zero-order valence-electron chi connectivity index (χ0n) is 12.5.